The first-order valence-corrected chi connectivity index (χ1v) is 5.69. The van der Waals surface area contributed by atoms with Crippen LogP contribution in [-0.2, 0) is 0 Å². The predicted octanol–water partition coefficient (Wildman–Crippen LogP) is 3.10. The second-order valence-corrected chi connectivity index (χ2v) is 4.14. The van der Waals surface area contributed by atoms with E-state index in [-0.39, 0.29) is 16.5 Å². The molecule has 0 aliphatic rings. The Bertz CT molecular complexity index is 616. The normalized spacial score (nSPS) is 9.89. The average molecular weight is 280 g/mol. The minimum Gasteiger partial charge on any atom is -0.324 e. The largest absolute Gasteiger partial charge is 0.324 e. The summed E-state index contributed by atoms with van der Waals surface area (Å²) in [6, 6.07) is 7.31. The van der Waals surface area contributed by atoms with Crippen LogP contribution >= 0.6 is 23.2 Å². The van der Waals surface area contributed by atoms with Gasteiger partial charge in [-0.25, -0.2) is 0 Å². The molecule has 0 aliphatic carbocycles. The minimum absolute atomic E-state index is 0.00610. The molecule has 0 fully saturated rings. The molecule has 1 aromatic heterocycles. The molecular weight excluding hydrogens is 273 g/mol. The summed E-state index contributed by atoms with van der Waals surface area (Å²) in [6.45, 7) is 1.90. The molecule has 0 spiro atoms. The lowest BCUT2D eigenvalue weighted by Crippen LogP contribution is -2.01. The molecule has 2 rings (SSSR count). The van der Waals surface area contributed by atoms with E-state index in [1.165, 1.54) is 0 Å². The number of aromatic nitrogens is 3. The summed E-state index contributed by atoms with van der Waals surface area (Å²) in [5.41, 5.74) is 2.20. The number of benzene rings is 1. The number of anilines is 2. The van der Waals surface area contributed by atoms with E-state index < -0.39 is 0 Å². The Morgan fingerprint density at radius 3 is 2.44 bits per heavy atom. The molecule has 2 aromatic rings. The van der Waals surface area contributed by atoms with Crippen molar-refractivity contribution in [2.24, 2.45) is 0 Å². The van der Waals surface area contributed by atoms with Gasteiger partial charge >= 0.3 is 0 Å². The van der Waals surface area contributed by atoms with Crippen LogP contribution in [0.4, 0.5) is 11.6 Å². The highest BCUT2D eigenvalue weighted by molar-refractivity contribution is 6.31. The summed E-state index contributed by atoms with van der Waals surface area (Å²) < 4.78 is 0. The van der Waals surface area contributed by atoms with Gasteiger partial charge in [-0.1, -0.05) is 6.07 Å². The zero-order valence-electron chi connectivity index (χ0n) is 9.28. The molecule has 0 saturated heterocycles. The van der Waals surface area contributed by atoms with E-state index in [4.69, 9.17) is 28.5 Å². The Labute approximate surface area is 113 Å². The molecule has 0 aliphatic heterocycles. The van der Waals surface area contributed by atoms with Crippen molar-refractivity contribution in [3.63, 3.8) is 0 Å². The predicted molar refractivity (Wildman–Crippen MR) is 69.0 cm³/mol. The van der Waals surface area contributed by atoms with Gasteiger partial charge in [0.05, 0.1) is 11.6 Å². The van der Waals surface area contributed by atoms with E-state index in [1.807, 2.05) is 13.0 Å². The van der Waals surface area contributed by atoms with E-state index in [0.717, 1.165) is 5.56 Å². The smallest absolute Gasteiger partial charge is 0.232 e. The van der Waals surface area contributed by atoms with Gasteiger partial charge in [-0.15, -0.1) is 0 Å². The SMILES string of the molecule is Cc1ccc(C#N)cc1Nc1nc(Cl)nc(Cl)n1. The number of nitrogens with zero attached hydrogens (tertiary/aromatic N) is 4. The summed E-state index contributed by atoms with van der Waals surface area (Å²) in [6.07, 6.45) is 0. The van der Waals surface area contributed by atoms with E-state index >= 15 is 0 Å². The Morgan fingerprint density at radius 1 is 1.17 bits per heavy atom. The number of nitrogens with one attached hydrogen (secondary N) is 1. The molecule has 90 valence electrons. The number of rotatable bonds is 2. The van der Waals surface area contributed by atoms with E-state index in [1.54, 1.807) is 12.1 Å². The first-order valence-electron chi connectivity index (χ1n) is 4.93. The van der Waals surface area contributed by atoms with Crippen LogP contribution in [0.5, 0.6) is 0 Å². The minimum atomic E-state index is 0.00610. The van der Waals surface area contributed by atoms with Gasteiger partial charge in [0, 0.05) is 5.69 Å². The second kappa shape index (κ2) is 5.17. The quantitative estimate of drug-likeness (QED) is 0.914. The summed E-state index contributed by atoms with van der Waals surface area (Å²) in [7, 11) is 0. The third-order valence-electron chi connectivity index (χ3n) is 2.19. The Morgan fingerprint density at radius 2 is 1.83 bits per heavy atom. The maximum Gasteiger partial charge on any atom is 0.232 e. The highest BCUT2D eigenvalue weighted by Gasteiger charge is 2.06. The van der Waals surface area contributed by atoms with Crippen LogP contribution in [0.25, 0.3) is 0 Å². The molecule has 0 saturated carbocycles. The van der Waals surface area contributed by atoms with Gasteiger partial charge in [0.15, 0.2) is 0 Å². The van der Waals surface area contributed by atoms with Crippen molar-refractivity contribution in [2.45, 2.75) is 6.92 Å². The van der Waals surface area contributed by atoms with Gasteiger partial charge in [0.25, 0.3) is 0 Å². The molecule has 0 radical (unpaired) electrons. The highest BCUT2D eigenvalue weighted by Crippen LogP contribution is 2.20. The third-order valence-corrected chi connectivity index (χ3v) is 2.53. The van der Waals surface area contributed by atoms with Crippen LogP contribution in [0.1, 0.15) is 11.1 Å². The number of aryl methyl sites for hydroxylation is 1. The molecule has 0 bridgehead atoms. The zero-order valence-corrected chi connectivity index (χ0v) is 10.8. The molecule has 5 nitrogen and oxygen atoms in total. The zero-order chi connectivity index (χ0) is 13.1. The molecule has 1 N–H and O–H groups in total. The second-order valence-electron chi connectivity index (χ2n) is 3.46. The van der Waals surface area contributed by atoms with Gasteiger partial charge in [0.1, 0.15) is 0 Å². The molecule has 0 amide bonds. The van der Waals surface area contributed by atoms with Crippen LogP contribution in [0, 0.1) is 18.3 Å². The molecule has 1 heterocycles. The van der Waals surface area contributed by atoms with Gasteiger partial charge in [-0.2, -0.15) is 20.2 Å². The van der Waals surface area contributed by atoms with Crippen molar-refractivity contribution < 1.29 is 0 Å². The standard InChI is InChI=1S/C11H7Cl2N5/c1-6-2-3-7(5-14)4-8(6)15-11-17-9(12)16-10(13)18-11/h2-4H,1H3,(H,15,16,17,18). The van der Waals surface area contributed by atoms with E-state index in [2.05, 4.69) is 26.3 Å². The first-order chi connectivity index (χ1) is 8.58. The van der Waals surface area contributed by atoms with Crippen molar-refractivity contribution in [3.05, 3.63) is 39.9 Å². The van der Waals surface area contributed by atoms with Crippen LogP contribution in [0.2, 0.25) is 10.6 Å². The molecule has 0 unspecified atom stereocenters. The fourth-order valence-electron chi connectivity index (χ4n) is 1.33. The lowest BCUT2D eigenvalue weighted by Gasteiger charge is -2.08. The fraction of sp³-hybridized carbons (Fsp3) is 0.0909. The van der Waals surface area contributed by atoms with Crippen LogP contribution in [-0.4, -0.2) is 15.0 Å². The van der Waals surface area contributed by atoms with Crippen LogP contribution in [0.3, 0.4) is 0 Å². The van der Waals surface area contributed by atoms with Crippen LogP contribution < -0.4 is 5.32 Å². The molecule has 18 heavy (non-hydrogen) atoms. The lowest BCUT2D eigenvalue weighted by atomic mass is 10.1. The number of halogens is 2. The number of hydrogen-bond acceptors (Lipinski definition) is 5. The third kappa shape index (κ3) is 2.86. The fourth-order valence-corrected chi connectivity index (χ4v) is 1.69. The van der Waals surface area contributed by atoms with Gasteiger partial charge in [0.2, 0.25) is 16.5 Å². The van der Waals surface area contributed by atoms with Crippen molar-refractivity contribution in [1.29, 1.82) is 5.26 Å². The molecule has 1 aromatic carbocycles. The van der Waals surface area contributed by atoms with Gasteiger partial charge in [-0.05, 0) is 47.8 Å². The Balaban J connectivity index is 2.36. The van der Waals surface area contributed by atoms with E-state index in [0.29, 0.717) is 11.3 Å². The monoisotopic (exact) mass is 279 g/mol. The molecule has 7 heteroatoms. The maximum atomic E-state index is 8.85. The van der Waals surface area contributed by atoms with Crippen molar-refractivity contribution in [2.75, 3.05) is 5.32 Å². The van der Waals surface area contributed by atoms with Gasteiger partial charge < -0.3 is 5.32 Å². The summed E-state index contributed by atoms with van der Waals surface area (Å²) in [5.74, 6) is 0.234. The topological polar surface area (TPSA) is 74.5 Å². The van der Waals surface area contributed by atoms with Gasteiger partial charge in [-0.3, -0.25) is 0 Å². The highest BCUT2D eigenvalue weighted by atomic mass is 35.5. The summed E-state index contributed by atoms with van der Waals surface area (Å²) in [4.78, 5) is 11.4. The van der Waals surface area contributed by atoms with E-state index in [9.17, 15) is 0 Å². The Kier molecular flexibility index (Phi) is 3.60. The average Bonchev–Trinajstić information content (AvgIpc) is 2.30. The van der Waals surface area contributed by atoms with Crippen LogP contribution in [0.15, 0.2) is 18.2 Å². The summed E-state index contributed by atoms with van der Waals surface area (Å²) >= 11 is 11.4. The summed E-state index contributed by atoms with van der Waals surface area (Å²) in [5, 5.41) is 11.8. The number of nitriles is 1. The first kappa shape index (κ1) is 12.6. The lowest BCUT2D eigenvalue weighted by molar-refractivity contribution is 1.05. The molecular formula is C11H7Cl2N5. The molecule has 0 atom stereocenters. The Hall–Kier alpha value is -1.90. The maximum absolute atomic E-state index is 8.85. The van der Waals surface area contributed by atoms with Crippen molar-refractivity contribution in [3.8, 4) is 6.07 Å². The van der Waals surface area contributed by atoms with Crippen molar-refractivity contribution in [1.82, 2.24) is 15.0 Å². The number of hydrogen-bond donors (Lipinski definition) is 1. The van der Waals surface area contributed by atoms with Crippen molar-refractivity contribution >= 4 is 34.8 Å².